The van der Waals surface area contributed by atoms with Crippen LogP contribution in [0.2, 0.25) is 0 Å². The molecule has 23 heavy (non-hydrogen) atoms. The fourth-order valence-electron chi connectivity index (χ4n) is 3.02. The van der Waals surface area contributed by atoms with Gasteiger partial charge in [0, 0.05) is 25.1 Å². The summed E-state index contributed by atoms with van der Waals surface area (Å²) in [5.41, 5.74) is 0.687. The second-order valence-electron chi connectivity index (χ2n) is 6.01. The van der Waals surface area contributed by atoms with Gasteiger partial charge in [-0.15, -0.1) is 0 Å². The third kappa shape index (κ3) is 3.70. The summed E-state index contributed by atoms with van der Waals surface area (Å²) in [6, 6.07) is 7.34. The van der Waals surface area contributed by atoms with Crippen LogP contribution in [0.25, 0.3) is 0 Å². The molecule has 1 fully saturated rings. The van der Waals surface area contributed by atoms with E-state index in [4.69, 9.17) is 4.74 Å². The number of piperidine rings is 1. The summed E-state index contributed by atoms with van der Waals surface area (Å²) in [4.78, 5) is 18.9. The summed E-state index contributed by atoms with van der Waals surface area (Å²) in [5.74, 6) is 3.06. The number of hydrogen-bond acceptors (Lipinski definition) is 4. The van der Waals surface area contributed by atoms with Crippen molar-refractivity contribution in [2.75, 3.05) is 20.2 Å². The van der Waals surface area contributed by atoms with E-state index >= 15 is 0 Å². The summed E-state index contributed by atoms with van der Waals surface area (Å²) in [7, 11) is 1.61. The highest BCUT2D eigenvalue weighted by molar-refractivity contribution is 5.94. The molecule has 2 heterocycles. The molecule has 0 unspecified atom stereocenters. The van der Waals surface area contributed by atoms with Crippen molar-refractivity contribution < 1.29 is 9.53 Å². The van der Waals surface area contributed by atoms with E-state index in [0.717, 1.165) is 44.0 Å². The van der Waals surface area contributed by atoms with E-state index in [1.165, 1.54) is 0 Å². The van der Waals surface area contributed by atoms with Crippen molar-refractivity contribution in [2.45, 2.75) is 26.2 Å². The number of aryl methyl sites for hydroxylation is 1. The standard InChI is InChI=1S/C17H22N4O2/c1-12-18-16(20-19-12)10-13-6-8-21(9-7-13)17(22)14-4-3-5-15(11-14)23-2/h3-5,11,13H,6-10H2,1-2H3,(H,18,19,20). The molecule has 6 heteroatoms. The number of carbonyl (C=O) groups is 1. The number of nitrogens with zero attached hydrogens (tertiary/aromatic N) is 3. The average molecular weight is 314 g/mol. The first-order chi connectivity index (χ1) is 11.2. The van der Waals surface area contributed by atoms with Gasteiger partial charge in [-0.3, -0.25) is 9.89 Å². The van der Waals surface area contributed by atoms with Crippen LogP contribution in [-0.4, -0.2) is 46.2 Å². The molecule has 1 saturated heterocycles. The quantitative estimate of drug-likeness (QED) is 0.939. The first-order valence-electron chi connectivity index (χ1n) is 7.97. The number of likely N-dealkylation sites (tertiary alicyclic amines) is 1. The van der Waals surface area contributed by atoms with Crippen molar-refractivity contribution in [1.29, 1.82) is 0 Å². The maximum Gasteiger partial charge on any atom is 0.253 e. The maximum absolute atomic E-state index is 12.6. The number of rotatable bonds is 4. The zero-order valence-corrected chi connectivity index (χ0v) is 13.6. The SMILES string of the molecule is COc1cccc(C(=O)N2CCC(Cc3n[nH]c(C)n3)CC2)c1. The fourth-order valence-corrected chi connectivity index (χ4v) is 3.02. The van der Waals surface area contributed by atoms with Gasteiger partial charge >= 0.3 is 0 Å². The number of nitrogens with one attached hydrogen (secondary N) is 1. The summed E-state index contributed by atoms with van der Waals surface area (Å²) in [5, 5.41) is 7.08. The van der Waals surface area contributed by atoms with Crippen molar-refractivity contribution in [3.63, 3.8) is 0 Å². The van der Waals surface area contributed by atoms with Crippen LogP contribution in [0.1, 0.15) is 34.8 Å². The summed E-state index contributed by atoms with van der Waals surface area (Å²) in [6.07, 6.45) is 2.86. The van der Waals surface area contributed by atoms with Crippen LogP contribution < -0.4 is 4.74 Å². The topological polar surface area (TPSA) is 71.1 Å². The van der Waals surface area contributed by atoms with Crippen molar-refractivity contribution in [2.24, 2.45) is 5.92 Å². The Kier molecular flexibility index (Phi) is 4.60. The van der Waals surface area contributed by atoms with Gasteiger partial charge in [-0.2, -0.15) is 5.10 Å². The van der Waals surface area contributed by atoms with Crippen LogP contribution in [0.3, 0.4) is 0 Å². The average Bonchev–Trinajstić information content (AvgIpc) is 3.00. The highest BCUT2D eigenvalue weighted by Gasteiger charge is 2.24. The van der Waals surface area contributed by atoms with Gasteiger partial charge in [0.25, 0.3) is 5.91 Å². The molecular formula is C17H22N4O2. The molecule has 0 atom stereocenters. The van der Waals surface area contributed by atoms with Crippen LogP contribution >= 0.6 is 0 Å². The Balaban J connectivity index is 1.56. The van der Waals surface area contributed by atoms with E-state index in [9.17, 15) is 4.79 Å². The number of amides is 1. The molecule has 1 aliphatic heterocycles. The number of hydrogen-bond donors (Lipinski definition) is 1. The minimum atomic E-state index is 0.0797. The highest BCUT2D eigenvalue weighted by Crippen LogP contribution is 2.22. The van der Waals surface area contributed by atoms with E-state index in [2.05, 4.69) is 15.2 Å². The minimum absolute atomic E-state index is 0.0797. The highest BCUT2D eigenvalue weighted by atomic mass is 16.5. The monoisotopic (exact) mass is 314 g/mol. The Morgan fingerprint density at radius 2 is 2.17 bits per heavy atom. The molecule has 0 saturated carbocycles. The number of ether oxygens (including phenoxy) is 1. The Morgan fingerprint density at radius 3 is 2.83 bits per heavy atom. The second-order valence-corrected chi connectivity index (χ2v) is 6.01. The van der Waals surface area contributed by atoms with Crippen LogP contribution in [0.5, 0.6) is 5.75 Å². The van der Waals surface area contributed by atoms with Crippen molar-refractivity contribution in [3.05, 3.63) is 41.5 Å². The fraction of sp³-hybridized carbons (Fsp3) is 0.471. The van der Waals surface area contributed by atoms with Crippen LogP contribution in [0, 0.1) is 12.8 Å². The van der Waals surface area contributed by atoms with E-state index < -0.39 is 0 Å². The van der Waals surface area contributed by atoms with Crippen LogP contribution in [0.4, 0.5) is 0 Å². The lowest BCUT2D eigenvalue weighted by Crippen LogP contribution is -2.39. The van der Waals surface area contributed by atoms with E-state index in [-0.39, 0.29) is 5.91 Å². The summed E-state index contributed by atoms with van der Waals surface area (Å²) >= 11 is 0. The van der Waals surface area contributed by atoms with Gasteiger partial charge in [-0.05, 0) is 43.9 Å². The van der Waals surface area contributed by atoms with Gasteiger partial charge in [0.05, 0.1) is 7.11 Å². The molecule has 1 aromatic carbocycles. The van der Waals surface area contributed by atoms with Gasteiger partial charge in [-0.25, -0.2) is 4.98 Å². The van der Waals surface area contributed by atoms with Gasteiger partial charge < -0.3 is 9.64 Å². The van der Waals surface area contributed by atoms with Crippen molar-refractivity contribution in [3.8, 4) is 5.75 Å². The number of aromatic nitrogens is 3. The van der Waals surface area contributed by atoms with E-state index in [1.807, 2.05) is 30.0 Å². The largest absolute Gasteiger partial charge is 0.497 e. The van der Waals surface area contributed by atoms with E-state index in [1.54, 1.807) is 13.2 Å². The molecule has 1 aromatic heterocycles. The molecule has 1 N–H and O–H groups in total. The first-order valence-corrected chi connectivity index (χ1v) is 7.97. The molecular weight excluding hydrogens is 292 g/mol. The molecule has 3 rings (SSSR count). The number of carbonyl (C=O) groups excluding carboxylic acids is 1. The first kappa shape index (κ1) is 15.5. The molecule has 6 nitrogen and oxygen atoms in total. The second kappa shape index (κ2) is 6.81. The zero-order valence-electron chi connectivity index (χ0n) is 13.6. The van der Waals surface area contributed by atoms with Crippen LogP contribution in [0.15, 0.2) is 24.3 Å². The number of H-pyrrole nitrogens is 1. The van der Waals surface area contributed by atoms with Gasteiger partial charge in [-0.1, -0.05) is 6.07 Å². The maximum atomic E-state index is 12.6. The number of methoxy groups -OCH3 is 1. The smallest absolute Gasteiger partial charge is 0.253 e. The lowest BCUT2D eigenvalue weighted by atomic mass is 9.93. The molecule has 0 radical (unpaired) electrons. The zero-order chi connectivity index (χ0) is 16.2. The number of benzene rings is 1. The molecule has 1 amide bonds. The Bertz CT molecular complexity index is 675. The third-order valence-electron chi connectivity index (χ3n) is 4.33. The van der Waals surface area contributed by atoms with Crippen molar-refractivity contribution in [1.82, 2.24) is 20.1 Å². The molecule has 2 aromatic rings. The molecule has 0 spiro atoms. The molecule has 1 aliphatic rings. The predicted molar refractivity (Wildman–Crippen MR) is 86.4 cm³/mol. The molecule has 122 valence electrons. The number of aromatic amines is 1. The molecule has 0 bridgehead atoms. The lowest BCUT2D eigenvalue weighted by Gasteiger charge is -2.31. The summed E-state index contributed by atoms with van der Waals surface area (Å²) < 4.78 is 5.19. The lowest BCUT2D eigenvalue weighted by molar-refractivity contribution is 0.0689. The van der Waals surface area contributed by atoms with Gasteiger partial charge in [0.15, 0.2) is 5.82 Å². The van der Waals surface area contributed by atoms with Gasteiger partial charge in [0.2, 0.25) is 0 Å². The summed E-state index contributed by atoms with van der Waals surface area (Å²) in [6.45, 7) is 3.47. The van der Waals surface area contributed by atoms with Crippen LogP contribution in [-0.2, 0) is 6.42 Å². The van der Waals surface area contributed by atoms with Gasteiger partial charge in [0.1, 0.15) is 11.6 Å². The predicted octanol–water partition coefficient (Wildman–Crippen LogP) is 2.22. The Labute approximate surface area is 135 Å². The van der Waals surface area contributed by atoms with Crippen molar-refractivity contribution >= 4 is 5.91 Å². The Hall–Kier alpha value is -2.37. The third-order valence-corrected chi connectivity index (χ3v) is 4.33. The Morgan fingerprint density at radius 1 is 1.39 bits per heavy atom. The normalized spacial score (nSPS) is 15.7. The van der Waals surface area contributed by atoms with E-state index in [0.29, 0.717) is 17.2 Å². The molecule has 0 aliphatic carbocycles. The minimum Gasteiger partial charge on any atom is -0.497 e.